The van der Waals surface area contributed by atoms with Crippen LogP contribution in [0.2, 0.25) is 5.02 Å². The number of nitrogens with zero attached hydrogens (tertiary/aromatic N) is 4. The summed E-state index contributed by atoms with van der Waals surface area (Å²) in [5.41, 5.74) is 0.890. The van der Waals surface area contributed by atoms with Crippen molar-refractivity contribution in [3.05, 3.63) is 28.5 Å². The molecular formula is C11H9ClN4O. The molecule has 6 heteroatoms. The second-order valence-corrected chi connectivity index (χ2v) is 3.69. The highest BCUT2D eigenvalue weighted by Gasteiger charge is 2.18. The molecule has 0 unspecified atom stereocenters. The van der Waals surface area contributed by atoms with Gasteiger partial charge in [-0.25, -0.2) is 0 Å². The van der Waals surface area contributed by atoms with Gasteiger partial charge in [0.25, 0.3) is 5.91 Å². The molecule has 0 saturated carbocycles. The van der Waals surface area contributed by atoms with Crippen LogP contribution in [0.5, 0.6) is 0 Å². The molecule has 0 aromatic carbocycles. The zero-order valence-electron chi connectivity index (χ0n) is 9.14. The summed E-state index contributed by atoms with van der Waals surface area (Å²) >= 11 is 5.92. The zero-order valence-corrected chi connectivity index (χ0v) is 9.90. The van der Waals surface area contributed by atoms with E-state index in [9.17, 15) is 4.79 Å². The van der Waals surface area contributed by atoms with Crippen molar-refractivity contribution >= 4 is 17.5 Å². The number of rotatable bonds is 3. The number of carbonyl (C=O) groups is 1. The van der Waals surface area contributed by atoms with E-state index >= 15 is 0 Å². The van der Waals surface area contributed by atoms with Crippen LogP contribution in [0.3, 0.4) is 0 Å². The third-order valence-corrected chi connectivity index (χ3v) is 2.34. The number of amides is 1. The first kappa shape index (κ1) is 13.0. The number of pyridine rings is 1. The molecule has 0 atom stereocenters. The molecule has 0 aliphatic rings. The van der Waals surface area contributed by atoms with Crippen LogP contribution in [0.1, 0.15) is 16.1 Å². The molecule has 1 rings (SSSR count). The number of carbonyl (C=O) groups excluding carboxylic acids is 1. The van der Waals surface area contributed by atoms with E-state index in [0.29, 0.717) is 5.69 Å². The Hall–Kier alpha value is -2.11. The summed E-state index contributed by atoms with van der Waals surface area (Å²) in [6, 6.07) is 5.21. The summed E-state index contributed by atoms with van der Waals surface area (Å²) in [4.78, 5) is 17.0. The summed E-state index contributed by atoms with van der Waals surface area (Å²) < 4.78 is 0. The summed E-state index contributed by atoms with van der Waals surface area (Å²) in [6.45, 7) is 1.44. The Kier molecular flexibility index (Phi) is 4.45. The first-order valence-electron chi connectivity index (χ1n) is 4.75. The van der Waals surface area contributed by atoms with Crippen LogP contribution in [0, 0.1) is 29.6 Å². The second-order valence-electron chi connectivity index (χ2n) is 3.28. The van der Waals surface area contributed by atoms with Gasteiger partial charge in [-0.1, -0.05) is 11.6 Å². The lowest BCUT2D eigenvalue weighted by Gasteiger charge is -2.16. The molecule has 0 radical (unpaired) electrons. The van der Waals surface area contributed by atoms with Gasteiger partial charge in [-0.15, -0.1) is 0 Å². The summed E-state index contributed by atoms with van der Waals surface area (Å²) in [5, 5.41) is 17.4. The van der Waals surface area contributed by atoms with Gasteiger partial charge in [-0.2, -0.15) is 10.5 Å². The number of nitriles is 2. The van der Waals surface area contributed by atoms with E-state index < -0.39 is 5.91 Å². The molecule has 1 amide bonds. The van der Waals surface area contributed by atoms with E-state index in [1.165, 1.54) is 6.20 Å². The Balaban J connectivity index is 3.02. The molecule has 0 N–H and O–H groups in total. The van der Waals surface area contributed by atoms with Gasteiger partial charge >= 0.3 is 0 Å². The molecule has 86 valence electrons. The van der Waals surface area contributed by atoms with Crippen LogP contribution >= 0.6 is 11.6 Å². The minimum Gasteiger partial charge on any atom is -0.312 e. The predicted octanol–water partition coefficient (Wildman–Crippen LogP) is 1.53. The Morgan fingerprint density at radius 3 is 2.53 bits per heavy atom. The number of halogens is 1. The molecular weight excluding hydrogens is 240 g/mol. The highest BCUT2D eigenvalue weighted by atomic mass is 35.5. The van der Waals surface area contributed by atoms with Crippen molar-refractivity contribution in [1.82, 2.24) is 9.88 Å². The molecule has 1 aromatic rings. The van der Waals surface area contributed by atoms with Gasteiger partial charge in [-0.3, -0.25) is 9.78 Å². The van der Waals surface area contributed by atoms with E-state index in [1.807, 2.05) is 12.1 Å². The molecule has 0 fully saturated rings. The van der Waals surface area contributed by atoms with Crippen LogP contribution in [0.25, 0.3) is 0 Å². The monoisotopic (exact) mass is 248 g/mol. The Labute approximate surface area is 104 Å². The summed E-state index contributed by atoms with van der Waals surface area (Å²) in [5.74, 6) is -0.467. The largest absolute Gasteiger partial charge is 0.312 e. The lowest BCUT2D eigenvalue weighted by molar-refractivity contribution is 0.0794. The highest BCUT2D eigenvalue weighted by Crippen LogP contribution is 2.17. The van der Waals surface area contributed by atoms with Gasteiger partial charge in [0.2, 0.25) is 0 Å². The fourth-order valence-electron chi connectivity index (χ4n) is 1.22. The molecule has 1 heterocycles. The van der Waals surface area contributed by atoms with E-state index in [1.54, 1.807) is 13.0 Å². The van der Waals surface area contributed by atoms with E-state index in [0.717, 1.165) is 4.90 Å². The SMILES string of the molecule is Cc1cc(Cl)c(C(=O)N(CC#N)CC#N)cn1. The lowest BCUT2D eigenvalue weighted by Crippen LogP contribution is -2.32. The fraction of sp³-hybridized carbons (Fsp3) is 0.273. The van der Waals surface area contributed by atoms with Gasteiger partial charge in [0.05, 0.1) is 22.7 Å². The quantitative estimate of drug-likeness (QED) is 0.760. The summed E-state index contributed by atoms with van der Waals surface area (Å²) in [7, 11) is 0. The Morgan fingerprint density at radius 1 is 1.47 bits per heavy atom. The fourth-order valence-corrected chi connectivity index (χ4v) is 1.51. The maximum absolute atomic E-state index is 12.0. The van der Waals surface area contributed by atoms with Gasteiger partial charge in [0.1, 0.15) is 13.1 Å². The third-order valence-electron chi connectivity index (χ3n) is 2.03. The smallest absolute Gasteiger partial charge is 0.258 e. The minimum atomic E-state index is -0.467. The topological polar surface area (TPSA) is 80.8 Å². The maximum Gasteiger partial charge on any atom is 0.258 e. The first-order chi connectivity index (χ1) is 8.10. The van der Waals surface area contributed by atoms with E-state index in [4.69, 9.17) is 22.1 Å². The molecule has 0 spiro atoms. The van der Waals surface area contributed by atoms with Crippen LogP contribution < -0.4 is 0 Å². The molecule has 0 aliphatic carbocycles. The van der Waals surface area contributed by atoms with Gasteiger partial charge in [0, 0.05) is 11.9 Å². The summed E-state index contributed by atoms with van der Waals surface area (Å²) in [6.07, 6.45) is 1.35. The van der Waals surface area contributed by atoms with Crippen molar-refractivity contribution in [2.45, 2.75) is 6.92 Å². The number of hydrogen-bond acceptors (Lipinski definition) is 4. The molecule has 5 nitrogen and oxygen atoms in total. The van der Waals surface area contributed by atoms with Gasteiger partial charge in [-0.05, 0) is 13.0 Å². The van der Waals surface area contributed by atoms with E-state index in [2.05, 4.69) is 4.98 Å². The number of aromatic nitrogens is 1. The van der Waals surface area contributed by atoms with Gasteiger partial charge < -0.3 is 4.90 Å². The van der Waals surface area contributed by atoms with Gasteiger partial charge in [0.15, 0.2) is 0 Å². The minimum absolute atomic E-state index is 0.156. The Morgan fingerprint density at radius 2 is 2.06 bits per heavy atom. The highest BCUT2D eigenvalue weighted by molar-refractivity contribution is 6.33. The van der Waals surface area contributed by atoms with Crippen molar-refractivity contribution in [3.63, 3.8) is 0 Å². The molecule has 0 bridgehead atoms. The van der Waals surface area contributed by atoms with Crippen molar-refractivity contribution in [2.24, 2.45) is 0 Å². The van der Waals surface area contributed by atoms with Crippen molar-refractivity contribution < 1.29 is 4.79 Å². The van der Waals surface area contributed by atoms with Crippen molar-refractivity contribution in [3.8, 4) is 12.1 Å². The average molecular weight is 249 g/mol. The first-order valence-corrected chi connectivity index (χ1v) is 5.13. The van der Waals surface area contributed by atoms with Crippen molar-refractivity contribution in [2.75, 3.05) is 13.1 Å². The maximum atomic E-state index is 12.0. The standard InChI is InChI=1S/C11H9ClN4O/c1-8-6-10(12)9(7-15-8)11(17)16(4-2-13)5-3-14/h6-7H,4-5H2,1H3. The van der Waals surface area contributed by atoms with Crippen LogP contribution in [-0.2, 0) is 0 Å². The molecule has 1 aromatic heterocycles. The molecule has 0 saturated heterocycles. The lowest BCUT2D eigenvalue weighted by atomic mass is 10.2. The van der Waals surface area contributed by atoms with Crippen LogP contribution in [0.15, 0.2) is 12.3 Å². The second kappa shape index (κ2) is 5.83. The predicted molar refractivity (Wildman–Crippen MR) is 61.1 cm³/mol. The number of aryl methyl sites for hydroxylation is 1. The van der Waals surface area contributed by atoms with Crippen LogP contribution in [-0.4, -0.2) is 28.9 Å². The number of hydrogen-bond donors (Lipinski definition) is 0. The third kappa shape index (κ3) is 3.17. The normalized spacial score (nSPS) is 9.18. The van der Waals surface area contributed by atoms with E-state index in [-0.39, 0.29) is 23.7 Å². The van der Waals surface area contributed by atoms with Crippen LogP contribution in [0.4, 0.5) is 0 Å². The molecule has 0 aliphatic heterocycles. The zero-order chi connectivity index (χ0) is 12.8. The average Bonchev–Trinajstić information content (AvgIpc) is 2.28. The molecule has 17 heavy (non-hydrogen) atoms. The van der Waals surface area contributed by atoms with Crippen molar-refractivity contribution in [1.29, 1.82) is 10.5 Å². The Bertz CT molecular complexity index is 499.